The second-order valence-corrected chi connectivity index (χ2v) is 2.23. The smallest absolute Gasteiger partial charge is 0.0647 e. The predicted octanol–water partition coefficient (Wildman–Crippen LogP) is 3.16. The number of rotatable bonds is 1. The first-order chi connectivity index (χ1) is 5.33. The van der Waals surface area contributed by atoms with E-state index in [4.69, 9.17) is 11.6 Å². The van der Waals surface area contributed by atoms with E-state index in [1.54, 1.807) is 6.20 Å². The molecule has 1 aromatic rings. The molecular formula is C9H14ClN. The fraction of sp³-hybridized carbons (Fsp3) is 0.444. The summed E-state index contributed by atoms with van der Waals surface area (Å²) < 4.78 is 0. The largest absolute Gasteiger partial charge is 0.260 e. The number of halogens is 1. The Bertz CT molecular complexity index is 199. The average Bonchev–Trinajstić information content (AvgIpc) is 2.08. The van der Waals surface area contributed by atoms with Crippen molar-refractivity contribution in [2.45, 2.75) is 26.7 Å². The van der Waals surface area contributed by atoms with Gasteiger partial charge in [0.05, 0.1) is 11.6 Å². The van der Waals surface area contributed by atoms with E-state index in [-0.39, 0.29) is 0 Å². The van der Waals surface area contributed by atoms with Crippen molar-refractivity contribution in [3.05, 3.63) is 29.6 Å². The summed E-state index contributed by atoms with van der Waals surface area (Å²) >= 11 is 5.54. The minimum atomic E-state index is 0.502. The molecule has 0 aliphatic rings. The van der Waals surface area contributed by atoms with Gasteiger partial charge in [0.2, 0.25) is 0 Å². The van der Waals surface area contributed by atoms with E-state index in [2.05, 4.69) is 4.98 Å². The number of alkyl halides is 1. The summed E-state index contributed by atoms with van der Waals surface area (Å²) in [5.74, 6) is 0.502. The van der Waals surface area contributed by atoms with Crippen LogP contribution in [0, 0.1) is 6.92 Å². The zero-order valence-electron chi connectivity index (χ0n) is 7.26. The van der Waals surface area contributed by atoms with Gasteiger partial charge in [-0.3, -0.25) is 4.98 Å². The van der Waals surface area contributed by atoms with Gasteiger partial charge >= 0.3 is 0 Å². The lowest BCUT2D eigenvalue weighted by Gasteiger charge is -1.93. The molecule has 0 saturated heterocycles. The van der Waals surface area contributed by atoms with Crippen LogP contribution in [0.1, 0.15) is 25.1 Å². The van der Waals surface area contributed by atoms with Crippen LogP contribution in [0.15, 0.2) is 18.3 Å². The molecule has 0 bridgehead atoms. The average molecular weight is 172 g/mol. The maximum atomic E-state index is 5.54. The van der Waals surface area contributed by atoms with Gasteiger partial charge < -0.3 is 0 Å². The molecule has 0 aromatic carbocycles. The summed E-state index contributed by atoms with van der Waals surface area (Å²) in [6, 6.07) is 3.93. The van der Waals surface area contributed by atoms with E-state index in [1.807, 2.05) is 32.9 Å². The molecular weight excluding hydrogens is 158 g/mol. The van der Waals surface area contributed by atoms with Gasteiger partial charge in [0.15, 0.2) is 0 Å². The monoisotopic (exact) mass is 171 g/mol. The van der Waals surface area contributed by atoms with Crippen LogP contribution in [-0.2, 0) is 5.88 Å². The van der Waals surface area contributed by atoms with E-state index in [0.717, 1.165) is 5.69 Å². The number of hydrogen-bond donors (Lipinski definition) is 0. The van der Waals surface area contributed by atoms with Crippen LogP contribution in [0.4, 0.5) is 0 Å². The lowest BCUT2D eigenvalue weighted by atomic mass is 10.3. The van der Waals surface area contributed by atoms with Crippen molar-refractivity contribution in [2.75, 3.05) is 0 Å². The maximum absolute atomic E-state index is 5.54. The lowest BCUT2D eigenvalue weighted by Crippen LogP contribution is -1.83. The summed E-state index contributed by atoms with van der Waals surface area (Å²) in [6.45, 7) is 6.03. The van der Waals surface area contributed by atoms with Crippen LogP contribution >= 0.6 is 11.6 Å². The molecule has 0 radical (unpaired) electrons. The van der Waals surface area contributed by atoms with Crippen molar-refractivity contribution in [3.63, 3.8) is 0 Å². The molecule has 1 rings (SSSR count). The first-order valence-corrected chi connectivity index (χ1v) is 4.34. The molecule has 0 fully saturated rings. The molecule has 62 valence electrons. The van der Waals surface area contributed by atoms with Crippen molar-refractivity contribution in [3.8, 4) is 0 Å². The highest BCUT2D eigenvalue weighted by Gasteiger charge is 1.88. The SMILES string of the molecule is CC.Cc1ccnc(CCl)c1. The molecule has 0 N–H and O–H groups in total. The Labute approximate surface area is 73.4 Å². The van der Waals surface area contributed by atoms with Gasteiger partial charge in [-0.05, 0) is 24.6 Å². The summed E-state index contributed by atoms with van der Waals surface area (Å²) in [6.07, 6.45) is 1.77. The molecule has 0 amide bonds. The Morgan fingerprint density at radius 3 is 2.45 bits per heavy atom. The predicted molar refractivity (Wildman–Crippen MR) is 49.9 cm³/mol. The van der Waals surface area contributed by atoms with Gasteiger partial charge in [0.25, 0.3) is 0 Å². The molecule has 0 saturated carbocycles. The van der Waals surface area contributed by atoms with Crippen LogP contribution in [0.2, 0.25) is 0 Å². The summed E-state index contributed by atoms with van der Waals surface area (Å²) in [5, 5.41) is 0. The summed E-state index contributed by atoms with van der Waals surface area (Å²) in [7, 11) is 0. The van der Waals surface area contributed by atoms with Crippen molar-refractivity contribution in [1.82, 2.24) is 4.98 Å². The molecule has 1 heterocycles. The Kier molecular flexibility index (Phi) is 5.86. The number of hydrogen-bond acceptors (Lipinski definition) is 1. The molecule has 0 aliphatic heterocycles. The first kappa shape index (κ1) is 10.4. The summed E-state index contributed by atoms with van der Waals surface area (Å²) in [5.41, 5.74) is 2.15. The third-order valence-corrected chi connectivity index (χ3v) is 1.38. The number of pyridine rings is 1. The van der Waals surface area contributed by atoms with Crippen molar-refractivity contribution in [2.24, 2.45) is 0 Å². The fourth-order valence-electron chi connectivity index (χ4n) is 0.672. The maximum Gasteiger partial charge on any atom is 0.0647 e. The highest BCUT2D eigenvalue weighted by Crippen LogP contribution is 2.01. The fourth-order valence-corrected chi connectivity index (χ4v) is 0.818. The Morgan fingerprint density at radius 2 is 2.09 bits per heavy atom. The molecule has 2 heteroatoms. The Morgan fingerprint density at radius 1 is 1.45 bits per heavy atom. The zero-order valence-corrected chi connectivity index (χ0v) is 8.02. The molecule has 1 aromatic heterocycles. The van der Waals surface area contributed by atoms with E-state index in [9.17, 15) is 0 Å². The van der Waals surface area contributed by atoms with Crippen LogP contribution in [0.25, 0.3) is 0 Å². The van der Waals surface area contributed by atoms with Gasteiger partial charge in [-0.2, -0.15) is 0 Å². The molecule has 0 spiro atoms. The zero-order chi connectivity index (χ0) is 8.69. The second-order valence-electron chi connectivity index (χ2n) is 1.96. The number of nitrogens with zero attached hydrogens (tertiary/aromatic N) is 1. The van der Waals surface area contributed by atoms with Crippen molar-refractivity contribution < 1.29 is 0 Å². The normalized spacial score (nSPS) is 8.36. The molecule has 0 unspecified atom stereocenters. The third kappa shape index (κ3) is 3.99. The second kappa shape index (κ2) is 6.17. The lowest BCUT2D eigenvalue weighted by molar-refractivity contribution is 1.15. The molecule has 1 nitrogen and oxygen atoms in total. The van der Waals surface area contributed by atoms with Crippen molar-refractivity contribution >= 4 is 11.6 Å². The topological polar surface area (TPSA) is 12.9 Å². The van der Waals surface area contributed by atoms with Crippen LogP contribution in [0.3, 0.4) is 0 Å². The molecule has 0 atom stereocenters. The Balaban J connectivity index is 0.000000461. The minimum absolute atomic E-state index is 0.502. The quantitative estimate of drug-likeness (QED) is 0.592. The van der Waals surface area contributed by atoms with Crippen LogP contribution < -0.4 is 0 Å². The van der Waals surface area contributed by atoms with Crippen molar-refractivity contribution in [1.29, 1.82) is 0 Å². The van der Waals surface area contributed by atoms with Gasteiger partial charge in [-0.25, -0.2) is 0 Å². The van der Waals surface area contributed by atoms with E-state index in [1.165, 1.54) is 5.56 Å². The van der Waals surface area contributed by atoms with E-state index in [0.29, 0.717) is 5.88 Å². The van der Waals surface area contributed by atoms with Gasteiger partial charge in [0.1, 0.15) is 0 Å². The highest BCUT2D eigenvalue weighted by molar-refractivity contribution is 6.16. The minimum Gasteiger partial charge on any atom is -0.260 e. The molecule has 0 aliphatic carbocycles. The van der Waals surface area contributed by atoms with E-state index < -0.39 is 0 Å². The highest BCUT2D eigenvalue weighted by atomic mass is 35.5. The van der Waals surface area contributed by atoms with E-state index >= 15 is 0 Å². The summed E-state index contributed by atoms with van der Waals surface area (Å²) in [4.78, 5) is 4.03. The third-order valence-electron chi connectivity index (χ3n) is 1.11. The standard InChI is InChI=1S/C7H8ClN.C2H6/c1-6-2-3-9-7(4-6)5-8;1-2/h2-4H,5H2,1H3;1-2H3. The van der Waals surface area contributed by atoms with Crippen LogP contribution in [-0.4, -0.2) is 4.98 Å². The van der Waals surface area contributed by atoms with Gasteiger partial charge in [0, 0.05) is 6.20 Å². The van der Waals surface area contributed by atoms with Crippen LogP contribution in [0.5, 0.6) is 0 Å². The number of aromatic nitrogens is 1. The number of aryl methyl sites for hydroxylation is 1. The van der Waals surface area contributed by atoms with Gasteiger partial charge in [-0.1, -0.05) is 13.8 Å². The van der Waals surface area contributed by atoms with Gasteiger partial charge in [-0.15, -0.1) is 11.6 Å². The first-order valence-electron chi connectivity index (χ1n) is 3.80. The Hall–Kier alpha value is -0.560. The molecule has 11 heavy (non-hydrogen) atoms.